The van der Waals surface area contributed by atoms with Gasteiger partial charge in [0, 0.05) is 12.1 Å². The third kappa shape index (κ3) is 5.13. The van der Waals surface area contributed by atoms with Crippen molar-refractivity contribution in [3.63, 3.8) is 0 Å². The van der Waals surface area contributed by atoms with E-state index in [9.17, 15) is 0 Å². The van der Waals surface area contributed by atoms with Crippen molar-refractivity contribution in [1.82, 2.24) is 5.32 Å². The zero-order valence-corrected chi connectivity index (χ0v) is 11.6. The molecule has 0 aromatic carbocycles. The summed E-state index contributed by atoms with van der Waals surface area (Å²) in [5.41, 5.74) is 1.47. The van der Waals surface area contributed by atoms with Crippen molar-refractivity contribution in [2.24, 2.45) is 0 Å². The van der Waals surface area contributed by atoms with Gasteiger partial charge in [0.15, 0.2) is 0 Å². The molecule has 16 heavy (non-hydrogen) atoms. The van der Waals surface area contributed by atoms with Gasteiger partial charge in [0.1, 0.15) is 0 Å². The molecule has 0 saturated heterocycles. The summed E-state index contributed by atoms with van der Waals surface area (Å²) in [4.78, 5) is 0. The summed E-state index contributed by atoms with van der Waals surface area (Å²) >= 11 is 1.79. The highest BCUT2D eigenvalue weighted by molar-refractivity contribution is 7.07. The van der Waals surface area contributed by atoms with Crippen LogP contribution in [0.15, 0.2) is 16.8 Å². The normalized spacial score (nSPS) is 13.2. The predicted octanol–water partition coefficient (Wildman–Crippen LogP) is 4.24. The van der Waals surface area contributed by atoms with Crippen LogP contribution < -0.4 is 5.32 Å². The van der Waals surface area contributed by atoms with Crippen molar-refractivity contribution in [2.75, 3.05) is 0 Å². The molecule has 1 aromatic heterocycles. The Balaban J connectivity index is 2.32. The first-order valence-corrected chi connectivity index (χ1v) is 7.47. The van der Waals surface area contributed by atoms with E-state index in [0.717, 1.165) is 6.42 Å². The fraction of sp³-hybridized carbons (Fsp3) is 0.714. The van der Waals surface area contributed by atoms with Crippen molar-refractivity contribution in [2.45, 2.75) is 65.0 Å². The second-order valence-corrected chi connectivity index (χ2v) is 5.46. The molecule has 1 unspecified atom stereocenters. The van der Waals surface area contributed by atoms with Crippen LogP contribution in [0.4, 0.5) is 0 Å². The van der Waals surface area contributed by atoms with Gasteiger partial charge in [0.2, 0.25) is 0 Å². The number of thiophene rings is 1. The Morgan fingerprint density at radius 1 is 1.25 bits per heavy atom. The molecule has 92 valence electrons. The molecule has 1 nitrogen and oxygen atoms in total. The standard InChI is InChI=1S/C14H25NS/c1-4-6-14(7-5-2)15-12(3)10-13-8-9-16-11-13/h8-9,11-12,14-15H,4-7,10H2,1-3H3. The summed E-state index contributed by atoms with van der Waals surface area (Å²) in [5, 5.41) is 8.18. The Bertz CT molecular complexity index is 250. The van der Waals surface area contributed by atoms with Gasteiger partial charge < -0.3 is 5.32 Å². The first kappa shape index (κ1) is 13.7. The number of nitrogens with one attached hydrogen (secondary N) is 1. The minimum atomic E-state index is 0.595. The van der Waals surface area contributed by atoms with E-state index >= 15 is 0 Å². The molecule has 0 aliphatic heterocycles. The fourth-order valence-electron chi connectivity index (χ4n) is 2.23. The summed E-state index contributed by atoms with van der Waals surface area (Å²) in [5.74, 6) is 0. The van der Waals surface area contributed by atoms with Crippen LogP contribution in [0.1, 0.15) is 52.0 Å². The van der Waals surface area contributed by atoms with Crippen molar-refractivity contribution < 1.29 is 0 Å². The smallest absolute Gasteiger partial charge is 0.00820 e. The second kappa shape index (κ2) is 7.86. The molecular formula is C14H25NS. The Kier molecular flexibility index (Phi) is 6.74. The van der Waals surface area contributed by atoms with Gasteiger partial charge in [-0.05, 0) is 48.6 Å². The first-order chi connectivity index (χ1) is 7.76. The third-order valence-corrected chi connectivity index (χ3v) is 3.65. The predicted molar refractivity (Wildman–Crippen MR) is 74.2 cm³/mol. The lowest BCUT2D eigenvalue weighted by Crippen LogP contribution is -2.37. The molecule has 2 heteroatoms. The van der Waals surface area contributed by atoms with Crippen LogP contribution in [0, 0.1) is 0 Å². The zero-order valence-electron chi connectivity index (χ0n) is 10.8. The van der Waals surface area contributed by atoms with Gasteiger partial charge in [-0.2, -0.15) is 11.3 Å². The molecule has 0 fully saturated rings. The molecular weight excluding hydrogens is 214 g/mol. The molecule has 0 aliphatic rings. The lowest BCUT2D eigenvalue weighted by atomic mass is 10.0. The Hall–Kier alpha value is -0.340. The van der Waals surface area contributed by atoms with Crippen molar-refractivity contribution in [3.05, 3.63) is 22.4 Å². The van der Waals surface area contributed by atoms with E-state index in [-0.39, 0.29) is 0 Å². The van der Waals surface area contributed by atoms with Gasteiger partial charge in [-0.15, -0.1) is 0 Å². The largest absolute Gasteiger partial charge is 0.311 e. The molecule has 1 atom stereocenters. The average molecular weight is 239 g/mol. The van der Waals surface area contributed by atoms with Crippen LogP contribution in [0.3, 0.4) is 0 Å². The monoisotopic (exact) mass is 239 g/mol. The van der Waals surface area contributed by atoms with Gasteiger partial charge in [-0.1, -0.05) is 26.7 Å². The number of hydrogen-bond donors (Lipinski definition) is 1. The van der Waals surface area contributed by atoms with E-state index in [2.05, 4.69) is 42.9 Å². The van der Waals surface area contributed by atoms with Gasteiger partial charge >= 0.3 is 0 Å². The molecule has 0 amide bonds. The SMILES string of the molecule is CCCC(CCC)NC(C)Cc1ccsc1. The van der Waals surface area contributed by atoms with Gasteiger partial charge in [-0.3, -0.25) is 0 Å². The van der Waals surface area contributed by atoms with Crippen LogP contribution in [-0.4, -0.2) is 12.1 Å². The highest BCUT2D eigenvalue weighted by atomic mass is 32.1. The molecule has 0 saturated carbocycles. The molecule has 0 radical (unpaired) electrons. The Labute approximate surface area is 104 Å². The summed E-state index contributed by atoms with van der Waals surface area (Å²) in [7, 11) is 0. The third-order valence-electron chi connectivity index (χ3n) is 2.92. The van der Waals surface area contributed by atoms with Crippen LogP contribution in [0.25, 0.3) is 0 Å². The number of hydrogen-bond acceptors (Lipinski definition) is 2. The highest BCUT2D eigenvalue weighted by Gasteiger charge is 2.10. The van der Waals surface area contributed by atoms with Crippen LogP contribution in [0.5, 0.6) is 0 Å². The molecule has 0 spiro atoms. The van der Waals surface area contributed by atoms with E-state index in [1.807, 2.05) is 0 Å². The van der Waals surface area contributed by atoms with Gasteiger partial charge in [0.25, 0.3) is 0 Å². The van der Waals surface area contributed by atoms with Crippen molar-refractivity contribution >= 4 is 11.3 Å². The summed E-state index contributed by atoms with van der Waals surface area (Å²) in [6.07, 6.45) is 6.34. The highest BCUT2D eigenvalue weighted by Crippen LogP contribution is 2.11. The maximum atomic E-state index is 3.76. The Morgan fingerprint density at radius 3 is 2.44 bits per heavy atom. The summed E-state index contributed by atoms with van der Waals surface area (Å²) in [6.45, 7) is 6.84. The fourth-order valence-corrected chi connectivity index (χ4v) is 2.91. The molecule has 1 aromatic rings. The summed E-state index contributed by atoms with van der Waals surface area (Å²) < 4.78 is 0. The maximum absolute atomic E-state index is 3.76. The maximum Gasteiger partial charge on any atom is 0.00820 e. The molecule has 1 N–H and O–H groups in total. The van der Waals surface area contributed by atoms with Crippen LogP contribution >= 0.6 is 11.3 Å². The van der Waals surface area contributed by atoms with Gasteiger partial charge in [0.05, 0.1) is 0 Å². The van der Waals surface area contributed by atoms with E-state index in [4.69, 9.17) is 0 Å². The second-order valence-electron chi connectivity index (χ2n) is 4.68. The lowest BCUT2D eigenvalue weighted by molar-refractivity contribution is 0.395. The van der Waals surface area contributed by atoms with Crippen LogP contribution in [0.2, 0.25) is 0 Å². The van der Waals surface area contributed by atoms with E-state index in [0.29, 0.717) is 12.1 Å². The topological polar surface area (TPSA) is 12.0 Å². The molecule has 1 heterocycles. The van der Waals surface area contributed by atoms with Gasteiger partial charge in [-0.25, -0.2) is 0 Å². The van der Waals surface area contributed by atoms with E-state index in [1.165, 1.54) is 31.2 Å². The first-order valence-electron chi connectivity index (χ1n) is 6.53. The quantitative estimate of drug-likeness (QED) is 0.715. The minimum absolute atomic E-state index is 0.595. The number of rotatable bonds is 8. The van der Waals surface area contributed by atoms with E-state index < -0.39 is 0 Å². The Morgan fingerprint density at radius 2 is 1.94 bits per heavy atom. The minimum Gasteiger partial charge on any atom is -0.311 e. The van der Waals surface area contributed by atoms with Crippen molar-refractivity contribution in [1.29, 1.82) is 0 Å². The zero-order chi connectivity index (χ0) is 11.8. The average Bonchev–Trinajstić information content (AvgIpc) is 2.71. The molecule has 0 aliphatic carbocycles. The summed E-state index contributed by atoms with van der Waals surface area (Å²) in [6, 6.07) is 3.54. The lowest BCUT2D eigenvalue weighted by Gasteiger charge is -2.22. The molecule has 1 rings (SSSR count). The van der Waals surface area contributed by atoms with E-state index in [1.54, 1.807) is 11.3 Å². The molecule has 0 bridgehead atoms. The van der Waals surface area contributed by atoms with Crippen molar-refractivity contribution in [3.8, 4) is 0 Å². The van der Waals surface area contributed by atoms with Crippen LogP contribution in [-0.2, 0) is 6.42 Å².